The molecule has 0 aliphatic heterocycles. The molecule has 128 valence electrons. The van der Waals surface area contributed by atoms with Crippen molar-refractivity contribution < 1.29 is 13.6 Å². The first-order valence-electron chi connectivity index (χ1n) is 7.29. The monoisotopic (exact) mass is 469 g/mol. The number of nitrogens with zero attached hydrogens (tertiary/aromatic N) is 2. The summed E-state index contributed by atoms with van der Waals surface area (Å²) in [6.07, 6.45) is 0. The van der Waals surface area contributed by atoms with E-state index in [0.717, 1.165) is 26.6 Å². The van der Waals surface area contributed by atoms with Crippen LogP contribution >= 0.6 is 34.4 Å². The molecule has 5 nitrogen and oxygen atoms in total. The van der Waals surface area contributed by atoms with Gasteiger partial charge in [0, 0.05) is 14.8 Å². The Morgan fingerprint density at radius 2 is 2.12 bits per heavy atom. The van der Waals surface area contributed by atoms with E-state index in [-0.39, 0.29) is 28.6 Å². The van der Waals surface area contributed by atoms with Crippen molar-refractivity contribution in [3.8, 4) is 11.5 Å². The molecule has 0 saturated heterocycles. The molecule has 1 aromatic heterocycles. The molecule has 0 fully saturated rings. The van der Waals surface area contributed by atoms with Crippen LogP contribution in [0.15, 0.2) is 52.1 Å². The molecule has 0 spiro atoms. The second-order valence-electron chi connectivity index (χ2n) is 5.18. The summed E-state index contributed by atoms with van der Waals surface area (Å²) in [6.45, 7) is 1.94. The van der Waals surface area contributed by atoms with Gasteiger partial charge in [-0.15, -0.1) is 10.2 Å². The van der Waals surface area contributed by atoms with Gasteiger partial charge in [0.1, 0.15) is 5.82 Å². The maximum Gasteiger partial charge on any atom is 0.277 e. The normalized spacial score (nSPS) is 10.7. The second kappa shape index (κ2) is 7.96. The molecule has 2 aromatic carbocycles. The number of aryl methyl sites for hydroxylation is 1. The van der Waals surface area contributed by atoms with Crippen LogP contribution in [0.25, 0.3) is 11.5 Å². The molecule has 3 rings (SSSR count). The highest BCUT2D eigenvalue weighted by atomic mass is 127. The molecule has 3 aromatic rings. The van der Waals surface area contributed by atoms with E-state index in [2.05, 4.69) is 38.1 Å². The molecule has 0 aliphatic rings. The van der Waals surface area contributed by atoms with Gasteiger partial charge in [-0.1, -0.05) is 17.8 Å². The lowest BCUT2D eigenvalue weighted by atomic mass is 10.2. The number of thioether (sulfide) groups is 1. The van der Waals surface area contributed by atoms with Gasteiger partial charge >= 0.3 is 0 Å². The predicted molar refractivity (Wildman–Crippen MR) is 103 cm³/mol. The van der Waals surface area contributed by atoms with E-state index in [1.54, 1.807) is 12.1 Å². The smallest absolute Gasteiger partial charge is 0.277 e. The Labute approximate surface area is 161 Å². The van der Waals surface area contributed by atoms with Crippen LogP contribution in [0.5, 0.6) is 0 Å². The van der Waals surface area contributed by atoms with E-state index in [4.69, 9.17) is 4.42 Å². The Balaban J connectivity index is 1.59. The van der Waals surface area contributed by atoms with Crippen molar-refractivity contribution in [2.45, 2.75) is 12.1 Å². The van der Waals surface area contributed by atoms with E-state index >= 15 is 0 Å². The number of nitrogens with one attached hydrogen (secondary N) is 1. The third-order valence-electron chi connectivity index (χ3n) is 3.27. The number of hydrogen-bond acceptors (Lipinski definition) is 5. The zero-order valence-electron chi connectivity index (χ0n) is 13.1. The number of benzene rings is 2. The lowest BCUT2D eigenvalue weighted by Gasteiger charge is -2.07. The van der Waals surface area contributed by atoms with Gasteiger partial charge in [-0.3, -0.25) is 4.79 Å². The molecule has 0 aliphatic carbocycles. The average molecular weight is 469 g/mol. The van der Waals surface area contributed by atoms with E-state index in [1.165, 1.54) is 12.1 Å². The molecular weight excluding hydrogens is 456 g/mol. The Hall–Kier alpha value is -1.94. The summed E-state index contributed by atoms with van der Waals surface area (Å²) in [5, 5.41) is 10.9. The van der Waals surface area contributed by atoms with E-state index in [1.807, 2.05) is 25.1 Å². The molecule has 0 radical (unpaired) electrons. The molecule has 8 heteroatoms. The lowest BCUT2D eigenvalue weighted by Crippen LogP contribution is -2.14. The minimum Gasteiger partial charge on any atom is -0.411 e. The Bertz CT molecular complexity index is 916. The van der Waals surface area contributed by atoms with Crippen molar-refractivity contribution in [2.75, 3.05) is 11.1 Å². The van der Waals surface area contributed by atoms with Crippen LogP contribution < -0.4 is 5.32 Å². The van der Waals surface area contributed by atoms with Crippen LogP contribution in [-0.4, -0.2) is 21.9 Å². The van der Waals surface area contributed by atoms with Gasteiger partial charge in [0.2, 0.25) is 11.8 Å². The quantitative estimate of drug-likeness (QED) is 0.440. The SMILES string of the molecule is Cc1cc(I)ccc1NC(=O)CSc1nnc(-c2cccc(F)c2)o1. The fourth-order valence-electron chi connectivity index (χ4n) is 2.09. The topological polar surface area (TPSA) is 68.0 Å². The molecule has 1 N–H and O–H groups in total. The van der Waals surface area contributed by atoms with Crippen LogP contribution in [-0.2, 0) is 4.79 Å². The number of anilines is 1. The number of halogens is 2. The van der Waals surface area contributed by atoms with E-state index < -0.39 is 0 Å². The number of amides is 1. The third-order valence-corrected chi connectivity index (χ3v) is 4.76. The Morgan fingerprint density at radius 3 is 2.88 bits per heavy atom. The van der Waals surface area contributed by atoms with Crippen molar-refractivity contribution in [3.05, 3.63) is 57.4 Å². The molecule has 0 bridgehead atoms. The highest BCUT2D eigenvalue weighted by Gasteiger charge is 2.12. The summed E-state index contributed by atoms with van der Waals surface area (Å²) in [5.74, 6) is -0.191. The minimum atomic E-state index is -0.378. The maximum absolute atomic E-state index is 13.2. The van der Waals surface area contributed by atoms with Gasteiger partial charge in [0.15, 0.2) is 0 Å². The van der Waals surface area contributed by atoms with Crippen LogP contribution in [0.4, 0.5) is 10.1 Å². The van der Waals surface area contributed by atoms with Crippen molar-refractivity contribution >= 4 is 45.9 Å². The van der Waals surface area contributed by atoms with Crippen molar-refractivity contribution in [3.63, 3.8) is 0 Å². The van der Waals surface area contributed by atoms with Gasteiger partial charge in [-0.2, -0.15) is 0 Å². The number of hydrogen-bond donors (Lipinski definition) is 1. The summed E-state index contributed by atoms with van der Waals surface area (Å²) in [4.78, 5) is 12.1. The molecule has 0 unspecified atom stereocenters. The van der Waals surface area contributed by atoms with Crippen molar-refractivity contribution in [1.82, 2.24) is 10.2 Å². The summed E-state index contributed by atoms with van der Waals surface area (Å²) in [7, 11) is 0. The fraction of sp³-hybridized carbons (Fsp3) is 0.118. The molecule has 25 heavy (non-hydrogen) atoms. The zero-order chi connectivity index (χ0) is 17.8. The fourth-order valence-corrected chi connectivity index (χ4v) is 3.30. The lowest BCUT2D eigenvalue weighted by molar-refractivity contribution is -0.113. The minimum absolute atomic E-state index is 0.135. The number of aromatic nitrogens is 2. The number of carbonyl (C=O) groups excluding carboxylic acids is 1. The van der Waals surface area contributed by atoms with Gasteiger partial charge in [0.25, 0.3) is 5.22 Å². The van der Waals surface area contributed by atoms with Gasteiger partial charge in [0.05, 0.1) is 5.75 Å². The van der Waals surface area contributed by atoms with Crippen molar-refractivity contribution in [2.24, 2.45) is 0 Å². The molecular formula is C17H13FIN3O2S. The van der Waals surface area contributed by atoms with E-state index in [0.29, 0.717) is 5.56 Å². The highest BCUT2D eigenvalue weighted by molar-refractivity contribution is 14.1. The molecule has 0 saturated carbocycles. The largest absolute Gasteiger partial charge is 0.411 e. The van der Waals surface area contributed by atoms with Crippen molar-refractivity contribution in [1.29, 1.82) is 0 Å². The van der Waals surface area contributed by atoms with Gasteiger partial charge in [-0.25, -0.2) is 4.39 Å². The predicted octanol–water partition coefficient (Wildman–Crippen LogP) is 4.52. The van der Waals surface area contributed by atoms with Gasteiger partial charge in [-0.05, 0) is 71.5 Å². The summed E-state index contributed by atoms with van der Waals surface area (Å²) < 4.78 is 19.8. The first-order chi connectivity index (χ1) is 12.0. The summed E-state index contributed by atoms with van der Waals surface area (Å²) >= 11 is 3.35. The zero-order valence-corrected chi connectivity index (χ0v) is 16.1. The molecule has 1 heterocycles. The Morgan fingerprint density at radius 1 is 1.28 bits per heavy atom. The second-order valence-corrected chi connectivity index (χ2v) is 7.35. The summed E-state index contributed by atoms with van der Waals surface area (Å²) in [5.41, 5.74) is 2.27. The van der Waals surface area contributed by atoms with Crippen LogP contribution in [0.3, 0.4) is 0 Å². The van der Waals surface area contributed by atoms with Crippen LogP contribution in [0.2, 0.25) is 0 Å². The summed E-state index contributed by atoms with van der Waals surface area (Å²) in [6, 6.07) is 11.7. The first-order valence-corrected chi connectivity index (χ1v) is 9.36. The average Bonchev–Trinajstić information content (AvgIpc) is 3.05. The highest BCUT2D eigenvalue weighted by Crippen LogP contribution is 2.24. The van der Waals surface area contributed by atoms with Gasteiger partial charge < -0.3 is 9.73 Å². The van der Waals surface area contributed by atoms with Crippen LogP contribution in [0, 0.1) is 16.3 Å². The number of carbonyl (C=O) groups is 1. The standard InChI is InChI=1S/C17H13FIN3O2S/c1-10-7-13(19)5-6-14(10)20-15(23)9-25-17-22-21-16(24-17)11-3-2-4-12(18)8-11/h2-8H,9H2,1H3,(H,20,23). The van der Waals surface area contributed by atoms with Crippen LogP contribution in [0.1, 0.15) is 5.56 Å². The molecule has 0 atom stereocenters. The maximum atomic E-state index is 13.2. The number of rotatable bonds is 5. The third kappa shape index (κ3) is 4.79. The van der Waals surface area contributed by atoms with E-state index in [9.17, 15) is 9.18 Å². The Kier molecular flexibility index (Phi) is 5.69. The molecule has 1 amide bonds. The first kappa shape index (κ1) is 17.9.